The molecule has 1 amide bonds. The minimum Gasteiger partial charge on any atom is -0.453 e. The van der Waals surface area contributed by atoms with E-state index in [1.165, 1.54) is 6.92 Å². The number of carbonyl (C=O) groups is 2. The van der Waals surface area contributed by atoms with Gasteiger partial charge in [-0.15, -0.1) is 0 Å². The summed E-state index contributed by atoms with van der Waals surface area (Å²) >= 11 is 0. The molecule has 5 nitrogen and oxygen atoms in total. The number of amides is 1. The smallest absolute Gasteiger partial charge is 0.293 e. The summed E-state index contributed by atoms with van der Waals surface area (Å²) in [6, 6.07) is 4.78. The first-order valence-corrected chi connectivity index (χ1v) is 4.39. The van der Waals surface area contributed by atoms with Crippen LogP contribution in [0.2, 0.25) is 0 Å². The molecule has 78 valence electrons. The monoisotopic (exact) mass is 207 g/mol. The number of Topliss-reactive ketones (excluding diaryl/α,β-unsaturated/α-hetero) is 1. The summed E-state index contributed by atoms with van der Waals surface area (Å²) in [5.41, 5.74) is 0.688. The molecular formula is C10H9NO4. The van der Waals surface area contributed by atoms with E-state index in [1.807, 2.05) is 0 Å². The van der Waals surface area contributed by atoms with Crippen LogP contribution in [0.15, 0.2) is 18.2 Å². The van der Waals surface area contributed by atoms with Gasteiger partial charge in [0.1, 0.15) is 5.75 Å². The summed E-state index contributed by atoms with van der Waals surface area (Å²) in [5, 5.41) is 11.6. The number of ether oxygens (including phenoxy) is 1. The van der Waals surface area contributed by atoms with Gasteiger partial charge in [0.15, 0.2) is 5.78 Å². The minimum absolute atomic E-state index is 0.174. The first kappa shape index (κ1) is 9.67. The van der Waals surface area contributed by atoms with Crippen molar-refractivity contribution in [3.63, 3.8) is 0 Å². The summed E-state index contributed by atoms with van der Waals surface area (Å²) in [6.07, 6.45) is -1.51. The topological polar surface area (TPSA) is 75.6 Å². The van der Waals surface area contributed by atoms with Crippen LogP contribution >= 0.6 is 0 Å². The van der Waals surface area contributed by atoms with Crippen LogP contribution in [-0.4, -0.2) is 23.1 Å². The van der Waals surface area contributed by atoms with E-state index >= 15 is 0 Å². The highest BCUT2D eigenvalue weighted by molar-refractivity contribution is 6.07. The van der Waals surface area contributed by atoms with Gasteiger partial charge in [-0.3, -0.25) is 9.59 Å². The van der Waals surface area contributed by atoms with Gasteiger partial charge in [0.2, 0.25) is 0 Å². The number of carbonyl (C=O) groups excluding carboxylic acids is 2. The van der Waals surface area contributed by atoms with Crippen LogP contribution in [0.5, 0.6) is 5.75 Å². The van der Waals surface area contributed by atoms with Crippen LogP contribution in [0.4, 0.5) is 5.69 Å². The normalized spacial score (nSPS) is 18.8. The molecule has 2 rings (SSSR count). The first-order valence-electron chi connectivity index (χ1n) is 4.39. The maximum Gasteiger partial charge on any atom is 0.293 e. The highest BCUT2D eigenvalue weighted by atomic mass is 16.6. The van der Waals surface area contributed by atoms with Crippen LogP contribution in [0.3, 0.4) is 0 Å². The van der Waals surface area contributed by atoms with E-state index in [0.717, 1.165) is 0 Å². The Kier molecular flexibility index (Phi) is 2.17. The van der Waals surface area contributed by atoms with Crippen molar-refractivity contribution in [2.24, 2.45) is 0 Å². The molecule has 1 heterocycles. The van der Waals surface area contributed by atoms with E-state index in [2.05, 4.69) is 5.32 Å². The van der Waals surface area contributed by atoms with Gasteiger partial charge in [-0.2, -0.15) is 0 Å². The molecule has 2 N–H and O–H groups in total. The predicted molar refractivity (Wildman–Crippen MR) is 51.7 cm³/mol. The third-order valence-electron chi connectivity index (χ3n) is 2.12. The number of hydrogen-bond donors (Lipinski definition) is 2. The Balaban J connectivity index is 2.52. The van der Waals surface area contributed by atoms with Crippen molar-refractivity contribution in [1.29, 1.82) is 0 Å². The Labute approximate surface area is 85.7 Å². The van der Waals surface area contributed by atoms with Gasteiger partial charge < -0.3 is 15.2 Å². The Morgan fingerprint density at radius 3 is 2.93 bits per heavy atom. The highest BCUT2D eigenvalue weighted by Gasteiger charge is 2.27. The number of rotatable bonds is 1. The van der Waals surface area contributed by atoms with Gasteiger partial charge in [-0.05, 0) is 19.1 Å². The number of aliphatic hydroxyl groups excluding tert-OH is 1. The van der Waals surface area contributed by atoms with Crippen LogP contribution in [0.1, 0.15) is 17.3 Å². The Morgan fingerprint density at radius 1 is 1.53 bits per heavy atom. The number of para-hydroxylation sites is 1. The van der Waals surface area contributed by atoms with Crippen molar-refractivity contribution in [1.82, 2.24) is 0 Å². The number of nitrogens with one attached hydrogen (secondary N) is 1. The third-order valence-corrected chi connectivity index (χ3v) is 2.12. The molecule has 0 aromatic heterocycles. The van der Waals surface area contributed by atoms with E-state index in [-0.39, 0.29) is 5.78 Å². The minimum atomic E-state index is -1.51. The molecule has 15 heavy (non-hydrogen) atoms. The zero-order valence-corrected chi connectivity index (χ0v) is 7.98. The number of ketones is 1. The van der Waals surface area contributed by atoms with Crippen LogP contribution < -0.4 is 10.1 Å². The SMILES string of the molecule is CC(=O)c1cccc2c1NC(=O)[C@H](O)O2. The standard InChI is InChI=1S/C10H9NO4/c1-5(12)6-3-2-4-7-8(6)11-9(13)10(14)15-7/h2-4,10,14H,1H3,(H,11,13)/t10-/m1/s1. The number of hydrogen-bond acceptors (Lipinski definition) is 4. The molecule has 0 spiro atoms. The average Bonchev–Trinajstić information content (AvgIpc) is 2.18. The number of anilines is 1. The lowest BCUT2D eigenvalue weighted by molar-refractivity contribution is -0.139. The average molecular weight is 207 g/mol. The molecule has 0 fully saturated rings. The maximum atomic E-state index is 11.2. The molecule has 0 saturated carbocycles. The fraction of sp³-hybridized carbons (Fsp3) is 0.200. The molecule has 0 radical (unpaired) electrons. The predicted octanol–water partition coefficient (Wildman–Crippen LogP) is 0.538. The first-order chi connectivity index (χ1) is 7.09. The molecule has 1 aliphatic heterocycles. The summed E-state index contributed by atoms with van der Waals surface area (Å²) in [5.74, 6) is -0.543. The van der Waals surface area contributed by atoms with Gasteiger partial charge in [0.25, 0.3) is 12.2 Å². The van der Waals surface area contributed by atoms with Crippen molar-refractivity contribution in [2.75, 3.05) is 5.32 Å². The van der Waals surface area contributed by atoms with Crippen molar-refractivity contribution < 1.29 is 19.4 Å². The van der Waals surface area contributed by atoms with E-state index in [9.17, 15) is 9.59 Å². The van der Waals surface area contributed by atoms with Gasteiger partial charge in [-0.25, -0.2) is 0 Å². The third kappa shape index (κ3) is 1.57. The quantitative estimate of drug-likeness (QED) is 0.659. The lowest BCUT2D eigenvalue weighted by Crippen LogP contribution is -2.37. The molecule has 1 aromatic rings. The van der Waals surface area contributed by atoms with E-state index in [4.69, 9.17) is 9.84 Å². The molecule has 1 aromatic carbocycles. The summed E-state index contributed by atoms with van der Waals surface area (Å²) < 4.78 is 4.93. The number of aliphatic hydroxyl groups is 1. The lowest BCUT2D eigenvalue weighted by atomic mass is 10.1. The zero-order chi connectivity index (χ0) is 11.0. The van der Waals surface area contributed by atoms with Crippen LogP contribution in [-0.2, 0) is 4.79 Å². The Morgan fingerprint density at radius 2 is 2.27 bits per heavy atom. The van der Waals surface area contributed by atoms with Crippen molar-refractivity contribution in [3.05, 3.63) is 23.8 Å². The molecule has 0 bridgehead atoms. The van der Waals surface area contributed by atoms with Crippen LogP contribution in [0.25, 0.3) is 0 Å². The molecule has 0 unspecified atom stereocenters. The maximum absolute atomic E-state index is 11.2. The van der Waals surface area contributed by atoms with Gasteiger partial charge in [-0.1, -0.05) is 6.07 Å². The molecule has 0 aliphatic carbocycles. The summed E-state index contributed by atoms with van der Waals surface area (Å²) in [6.45, 7) is 1.40. The van der Waals surface area contributed by atoms with E-state index < -0.39 is 12.2 Å². The molecular weight excluding hydrogens is 198 g/mol. The zero-order valence-electron chi connectivity index (χ0n) is 7.98. The lowest BCUT2D eigenvalue weighted by Gasteiger charge is -2.23. The second-order valence-corrected chi connectivity index (χ2v) is 3.19. The van der Waals surface area contributed by atoms with Crippen molar-refractivity contribution >= 4 is 17.4 Å². The van der Waals surface area contributed by atoms with Crippen LogP contribution in [0, 0.1) is 0 Å². The molecule has 5 heteroatoms. The largest absolute Gasteiger partial charge is 0.453 e. The summed E-state index contributed by atoms with van der Waals surface area (Å²) in [4.78, 5) is 22.4. The van der Waals surface area contributed by atoms with Crippen molar-refractivity contribution in [3.8, 4) is 5.75 Å². The molecule has 0 saturated heterocycles. The van der Waals surface area contributed by atoms with E-state index in [0.29, 0.717) is 17.0 Å². The Bertz CT molecular complexity index is 441. The van der Waals surface area contributed by atoms with Gasteiger partial charge >= 0.3 is 0 Å². The number of benzene rings is 1. The summed E-state index contributed by atoms with van der Waals surface area (Å²) in [7, 11) is 0. The van der Waals surface area contributed by atoms with E-state index in [1.54, 1.807) is 18.2 Å². The second-order valence-electron chi connectivity index (χ2n) is 3.19. The van der Waals surface area contributed by atoms with Crippen molar-refractivity contribution in [2.45, 2.75) is 13.2 Å². The highest BCUT2D eigenvalue weighted by Crippen LogP contribution is 2.32. The van der Waals surface area contributed by atoms with Gasteiger partial charge in [0, 0.05) is 5.56 Å². The fourth-order valence-corrected chi connectivity index (χ4v) is 1.41. The number of fused-ring (bicyclic) bond motifs is 1. The fourth-order valence-electron chi connectivity index (χ4n) is 1.41. The molecule has 1 aliphatic rings. The second kappa shape index (κ2) is 3.36. The molecule has 1 atom stereocenters. The Hall–Kier alpha value is -1.88. The van der Waals surface area contributed by atoms with Gasteiger partial charge in [0.05, 0.1) is 5.69 Å².